The summed E-state index contributed by atoms with van der Waals surface area (Å²) in [4.78, 5) is 0. The van der Waals surface area contributed by atoms with Gasteiger partial charge in [-0.25, -0.2) is 0 Å². The maximum Gasteiger partial charge on any atom is 0.488 e. The SMILES string of the molecule is CCCCCCCCC1(CCCCCCCC)c2ccccc2-c2ccc(-c3ccc4c(c3)C(CCCCCCCC)(CCCCCCCC)c3cc(B(O)O)ccc3-4)cc21. The van der Waals surface area contributed by atoms with E-state index in [-0.39, 0.29) is 10.8 Å². The molecule has 2 aliphatic rings. The summed E-state index contributed by atoms with van der Waals surface area (Å²) in [6.07, 6.45) is 36.0. The highest BCUT2D eigenvalue weighted by molar-refractivity contribution is 6.58. The summed E-state index contributed by atoms with van der Waals surface area (Å²) in [5.41, 5.74) is 14.7. The minimum Gasteiger partial charge on any atom is -0.423 e. The number of unbranched alkanes of at least 4 members (excludes halogenated alkanes) is 20. The molecule has 0 atom stereocenters. The van der Waals surface area contributed by atoms with Crippen molar-refractivity contribution < 1.29 is 10.0 Å². The molecule has 0 amide bonds. The van der Waals surface area contributed by atoms with Crippen molar-refractivity contribution in [1.82, 2.24) is 0 Å². The van der Waals surface area contributed by atoms with Gasteiger partial charge in [0.15, 0.2) is 0 Å². The lowest BCUT2D eigenvalue weighted by Gasteiger charge is -2.34. The van der Waals surface area contributed by atoms with E-state index in [2.05, 4.69) is 100 Å². The summed E-state index contributed by atoms with van der Waals surface area (Å²) in [6.45, 7) is 9.25. The molecule has 0 saturated carbocycles. The second kappa shape index (κ2) is 24.1. The van der Waals surface area contributed by atoms with Crippen LogP contribution in [0.15, 0.2) is 78.9 Å². The molecule has 4 aromatic carbocycles. The maximum absolute atomic E-state index is 10.5. The molecule has 4 aromatic rings. The molecule has 0 spiro atoms. The van der Waals surface area contributed by atoms with Crippen LogP contribution in [-0.2, 0) is 10.8 Å². The first kappa shape index (κ1) is 47.3. The zero-order valence-electron chi connectivity index (χ0n) is 39.3. The van der Waals surface area contributed by atoms with Gasteiger partial charge >= 0.3 is 7.12 Å². The van der Waals surface area contributed by atoms with E-state index in [1.807, 2.05) is 6.07 Å². The molecule has 0 aromatic heterocycles. The van der Waals surface area contributed by atoms with Crippen molar-refractivity contribution >= 4 is 12.6 Å². The largest absolute Gasteiger partial charge is 0.488 e. The Morgan fingerprint density at radius 2 is 0.672 bits per heavy atom. The van der Waals surface area contributed by atoms with Crippen molar-refractivity contribution in [3.63, 3.8) is 0 Å². The van der Waals surface area contributed by atoms with Crippen molar-refractivity contribution in [2.24, 2.45) is 0 Å². The monoisotopic (exact) mass is 823 g/mol. The molecule has 330 valence electrons. The highest BCUT2D eigenvalue weighted by Crippen LogP contribution is 2.57. The van der Waals surface area contributed by atoms with Crippen LogP contribution in [0.4, 0.5) is 0 Å². The molecule has 2 nitrogen and oxygen atoms in total. The average Bonchev–Trinajstić information content (AvgIpc) is 3.71. The fraction of sp³-hybridized carbons (Fsp3) is 0.586. The quantitative estimate of drug-likeness (QED) is 0.0406. The third-order valence-corrected chi connectivity index (χ3v) is 15.1. The van der Waals surface area contributed by atoms with E-state index >= 15 is 0 Å². The van der Waals surface area contributed by atoms with E-state index < -0.39 is 7.12 Å². The Kier molecular flexibility index (Phi) is 18.7. The first-order valence-corrected chi connectivity index (χ1v) is 25.8. The topological polar surface area (TPSA) is 40.5 Å². The standard InChI is InChI=1S/C58H83BO2/c1-5-9-13-17-21-27-39-57(40-28-22-18-14-10-6-2)53-32-26-25-31-49(53)50-36-33-46(43-54(50)57)47-34-37-51-52-38-35-48(59(60)61)45-56(52)58(55(51)44-47,41-29-23-19-15-11-7-3)42-30-24-20-16-12-8-4/h25-26,31-38,43-45,60-61H,5-24,27-30,39-42H2,1-4H3. The molecule has 0 unspecified atom stereocenters. The molecule has 3 heteroatoms. The Morgan fingerprint density at radius 3 is 1.08 bits per heavy atom. The van der Waals surface area contributed by atoms with E-state index in [1.54, 1.807) is 11.1 Å². The van der Waals surface area contributed by atoms with E-state index in [9.17, 15) is 10.0 Å². The third-order valence-electron chi connectivity index (χ3n) is 15.1. The average molecular weight is 823 g/mol. The summed E-state index contributed by atoms with van der Waals surface area (Å²) in [7, 11) is -1.46. The smallest absolute Gasteiger partial charge is 0.423 e. The van der Waals surface area contributed by atoms with Crippen molar-refractivity contribution in [3.05, 3.63) is 101 Å². The Labute approximate surface area is 373 Å². The highest BCUT2D eigenvalue weighted by atomic mass is 16.4. The lowest BCUT2D eigenvalue weighted by Crippen LogP contribution is -2.32. The Morgan fingerprint density at radius 1 is 0.344 bits per heavy atom. The van der Waals surface area contributed by atoms with E-state index in [0.29, 0.717) is 5.46 Å². The molecule has 61 heavy (non-hydrogen) atoms. The van der Waals surface area contributed by atoms with Crippen LogP contribution < -0.4 is 5.46 Å². The van der Waals surface area contributed by atoms with Crippen molar-refractivity contribution in [3.8, 4) is 33.4 Å². The molecule has 2 N–H and O–H groups in total. The number of hydrogen-bond acceptors (Lipinski definition) is 2. The van der Waals surface area contributed by atoms with Gasteiger partial charge in [0.2, 0.25) is 0 Å². The minimum absolute atomic E-state index is 0.0608. The van der Waals surface area contributed by atoms with Gasteiger partial charge < -0.3 is 10.0 Å². The Bertz CT molecular complexity index is 1890. The van der Waals surface area contributed by atoms with Gasteiger partial charge in [0.05, 0.1) is 0 Å². The van der Waals surface area contributed by atoms with Crippen LogP contribution in [0.1, 0.15) is 230 Å². The van der Waals surface area contributed by atoms with Crippen molar-refractivity contribution in [2.45, 2.75) is 218 Å². The second-order valence-corrected chi connectivity index (χ2v) is 19.5. The van der Waals surface area contributed by atoms with Gasteiger partial charge in [0.25, 0.3) is 0 Å². The van der Waals surface area contributed by atoms with Crippen molar-refractivity contribution in [2.75, 3.05) is 0 Å². The molecule has 0 fully saturated rings. The lowest BCUT2D eigenvalue weighted by molar-refractivity contribution is 0.397. The maximum atomic E-state index is 10.5. The van der Waals surface area contributed by atoms with Crippen molar-refractivity contribution in [1.29, 1.82) is 0 Å². The van der Waals surface area contributed by atoms with Crippen LogP contribution in [0.25, 0.3) is 33.4 Å². The van der Waals surface area contributed by atoms with Crippen LogP contribution in [0.5, 0.6) is 0 Å². The van der Waals surface area contributed by atoms with Gasteiger partial charge in [0, 0.05) is 10.8 Å². The molecule has 0 heterocycles. The molecule has 0 aliphatic heterocycles. The highest BCUT2D eigenvalue weighted by Gasteiger charge is 2.44. The number of benzene rings is 4. The van der Waals surface area contributed by atoms with Crippen LogP contribution in [0.2, 0.25) is 0 Å². The predicted molar refractivity (Wildman–Crippen MR) is 266 cm³/mol. The predicted octanol–water partition coefficient (Wildman–Crippen LogP) is 16.6. The summed E-state index contributed by atoms with van der Waals surface area (Å²) in [6, 6.07) is 30.7. The second-order valence-electron chi connectivity index (χ2n) is 19.5. The van der Waals surface area contributed by atoms with Crippen LogP contribution in [-0.4, -0.2) is 17.2 Å². The van der Waals surface area contributed by atoms with E-state index in [4.69, 9.17) is 0 Å². The Hall–Kier alpha value is -3.14. The zero-order chi connectivity index (χ0) is 42.9. The summed E-state index contributed by atoms with van der Waals surface area (Å²) >= 11 is 0. The van der Waals surface area contributed by atoms with Gasteiger partial charge in [-0.05, 0) is 98.9 Å². The van der Waals surface area contributed by atoms with Gasteiger partial charge in [-0.15, -0.1) is 0 Å². The normalized spacial score (nSPS) is 14.2. The van der Waals surface area contributed by atoms with Gasteiger partial charge in [-0.1, -0.05) is 249 Å². The van der Waals surface area contributed by atoms with E-state index in [1.165, 1.54) is 211 Å². The third kappa shape index (κ3) is 11.3. The number of fused-ring (bicyclic) bond motifs is 6. The van der Waals surface area contributed by atoms with Gasteiger partial charge in [-0.2, -0.15) is 0 Å². The summed E-state index contributed by atoms with van der Waals surface area (Å²) < 4.78 is 0. The van der Waals surface area contributed by atoms with Crippen LogP contribution in [0, 0.1) is 0 Å². The van der Waals surface area contributed by atoms with Gasteiger partial charge in [0.1, 0.15) is 0 Å². The molecule has 0 radical (unpaired) electrons. The first-order valence-electron chi connectivity index (χ1n) is 25.8. The molecule has 6 rings (SSSR count). The molecular formula is C58H83BO2. The number of hydrogen-bond donors (Lipinski definition) is 2. The van der Waals surface area contributed by atoms with E-state index in [0.717, 1.165) is 12.8 Å². The van der Waals surface area contributed by atoms with Gasteiger partial charge in [-0.3, -0.25) is 0 Å². The molecular weight excluding hydrogens is 739 g/mol. The fourth-order valence-corrected chi connectivity index (χ4v) is 11.6. The number of rotatable bonds is 30. The molecule has 2 aliphatic carbocycles. The summed E-state index contributed by atoms with van der Waals surface area (Å²) in [5.74, 6) is 0. The fourth-order valence-electron chi connectivity index (χ4n) is 11.6. The van der Waals surface area contributed by atoms with Crippen LogP contribution in [0.3, 0.4) is 0 Å². The molecule has 0 saturated heterocycles. The Balaban J connectivity index is 1.40. The summed E-state index contributed by atoms with van der Waals surface area (Å²) in [5, 5.41) is 20.9. The lowest BCUT2D eigenvalue weighted by atomic mass is 9.68. The first-order chi connectivity index (χ1) is 29.9. The minimum atomic E-state index is -1.46. The zero-order valence-corrected chi connectivity index (χ0v) is 39.3. The molecule has 0 bridgehead atoms. The van der Waals surface area contributed by atoms with Crippen LogP contribution >= 0.6 is 0 Å².